The predicted octanol–water partition coefficient (Wildman–Crippen LogP) is 5.00. The molecule has 0 bridgehead atoms. The number of fused-ring (bicyclic) bond motifs is 1. The van der Waals surface area contributed by atoms with Crippen molar-refractivity contribution in [1.82, 2.24) is 14.9 Å². The molecule has 0 amide bonds. The molecule has 2 aromatic heterocycles. The summed E-state index contributed by atoms with van der Waals surface area (Å²) in [6.07, 6.45) is 10.7. The summed E-state index contributed by atoms with van der Waals surface area (Å²) in [5, 5.41) is 2.30. The number of nitrogens with zero attached hydrogens (tertiary/aromatic N) is 3. The predicted molar refractivity (Wildman–Crippen MR) is 128 cm³/mol. The molecule has 0 spiro atoms. The van der Waals surface area contributed by atoms with E-state index in [1.54, 1.807) is 11.3 Å². The van der Waals surface area contributed by atoms with Crippen LogP contribution >= 0.6 is 11.3 Å². The van der Waals surface area contributed by atoms with E-state index in [1.165, 1.54) is 35.7 Å². The van der Waals surface area contributed by atoms with Crippen molar-refractivity contribution in [2.24, 2.45) is 11.8 Å². The number of rotatable bonds is 8. The van der Waals surface area contributed by atoms with Crippen LogP contribution < -0.4 is 4.90 Å². The number of benzene rings is 1. The van der Waals surface area contributed by atoms with E-state index in [-0.39, 0.29) is 5.78 Å². The summed E-state index contributed by atoms with van der Waals surface area (Å²) in [7, 11) is 2.16. The van der Waals surface area contributed by atoms with Crippen LogP contribution in [0.15, 0.2) is 36.7 Å². The third-order valence-corrected chi connectivity index (χ3v) is 8.19. The number of anilines is 1. The molecular formula is C25H32N4OS. The first-order valence-corrected chi connectivity index (χ1v) is 12.4. The molecule has 1 aliphatic carbocycles. The average molecular weight is 437 g/mol. The van der Waals surface area contributed by atoms with Gasteiger partial charge in [-0.25, -0.2) is 4.98 Å². The van der Waals surface area contributed by atoms with Crippen molar-refractivity contribution in [3.8, 4) is 0 Å². The van der Waals surface area contributed by atoms with Crippen LogP contribution in [-0.4, -0.2) is 53.9 Å². The zero-order chi connectivity index (χ0) is 21.2. The van der Waals surface area contributed by atoms with Crippen LogP contribution in [0.2, 0.25) is 0 Å². The fourth-order valence-corrected chi connectivity index (χ4v) is 5.87. The van der Waals surface area contributed by atoms with Crippen LogP contribution in [0.5, 0.6) is 0 Å². The Morgan fingerprint density at radius 3 is 2.81 bits per heavy atom. The molecule has 3 heterocycles. The average Bonchev–Trinajstić information content (AvgIpc) is 3.39. The van der Waals surface area contributed by atoms with E-state index in [9.17, 15) is 4.79 Å². The number of carbonyl (C=O) groups is 1. The van der Waals surface area contributed by atoms with Crippen LogP contribution in [0.1, 0.15) is 47.3 Å². The van der Waals surface area contributed by atoms with Crippen LogP contribution in [0.3, 0.4) is 0 Å². The Labute approximate surface area is 188 Å². The van der Waals surface area contributed by atoms with Crippen molar-refractivity contribution in [3.05, 3.63) is 47.1 Å². The largest absolute Gasteiger partial charge is 0.361 e. The Bertz CT molecular complexity index is 1030. The van der Waals surface area contributed by atoms with Crippen LogP contribution in [0.4, 0.5) is 5.13 Å². The van der Waals surface area contributed by atoms with Gasteiger partial charge in [-0.05, 0) is 43.4 Å². The first kappa shape index (κ1) is 20.7. The number of piperazine rings is 1. The Morgan fingerprint density at radius 1 is 1.23 bits per heavy atom. The fourth-order valence-electron chi connectivity index (χ4n) is 4.95. The highest BCUT2D eigenvalue weighted by atomic mass is 32.1. The lowest BCUT2D eigenvalue weighted by Crippen LogP contribution is -2.44. The first-order valence-electron chi connectivity index (χ1n) is 11.6. The molecule has 0 radical (unpaired) electrons. The van der Waals surface area contributed by atoms with Gasteiger partial charge >= 0.3 is 0 Å². The molecule has 1 atom stereocenters. The molecule has 1 unspecified atom stereocenters. The second kappa shape index (κ2) is 9.13. The molecule has 5 rings (SSSR count). The number of carbonyl (C=O) groups excluding carboxylic acids is 1. The van der Waals surface area contributed by atoms with Crippen LogP contribution in [0, 0.1) is 11.8 Å². The second-order valence-electron chi connectivity index (χ2n) is 9.39. The molecular weight excluding hydrogens is 404 g/mol. The van der Waals surface area contributed by atoms with Crippen molar-refractivity contribution in [3.63, 3.8) is 0 Å². The molecule has 3 aromatic rings. The Kier molecular flexibility index (Phi) is 6.10. The molecule has 164 valence electrons. The molecule has 1 N–H and O–H groups in total. The van der Waals surface area contributed by atoms with E-state index in [0.717, 1.165) is 54.9 Å². The number of Topliss-reactive ketones (excluding diaryl/α,β-unsaturated/α-hetero) is 1. The summed E-state index contributed by atoms with van der Waals surface area (Å²) in [5.41, 5.74) is 2.53. The lowest BCUT2D eigenvalue weighted by Gasteiger charge is -2.32. The van der Waals surface area contributed by atoms with Crippen LogP contribution in [-0.2, 0) is 6.42 Å². The highest BCUT2D eigenvalue weighted by molar-refractivity contribution is 7.17. The molecule has 1 saturated carbocycles. The van der Waals surface area contributed by atoms with Crippen molar-refractivity contribution in [2.75, 3.05) is 38.1 Å². The number of hydrogen-bond donors (Lipinski definition) is 1. The molecule has 2 aliphatic rings. The number of para-hydroxylation sites is 1. The minimum Gasteiger partial charge on any atom is -0.361 e. The Hall–Kier alpha value is -2.18. The number of H-pyrrole nitrogens is 1. The Balaban J connectivity index is 1.28. The topological polar surface area (TPSA) is 52.2 Å². The lowest BCUT2D eigenvalue weighted by atomic mass is 9.76. The number of aromatic nitrogens is 2. The third-order valence-electron chi connectivity index (χ3n) is 7.09. The summed E-state index contributed by atoms with van der Waals surface area (Å²) in [6.45, 7) is 4.08. The van der Waals surface area contributed by atoms with Gasteiger partial charge in [-0.1, -0.05) is 48.8 Å². The standard InChI is InChI=1S/C25H32N4OS/c1-28-9-11-29(12-10-28)25-27-17-24(31-25)23(30)15-19(13-18-5-4-6-18)14-20-16-26-22-8-3-2-7-21(20)22/h2-3,7-8,16-19,26H,4-6,9-15H2,1H3. The highest BCUT2D eigenvalue weighted by Crippen LogP contribution is 2.36. The number of nitrogens with one attached hydrogen (secondary N) is 1. The highest BCUT2D eigenvalue weighted by Gasteiger charge is 2.26. The Morgan fingerprint density at radius 2 is 2.03 bits per heavy atom. The van der Waals surface area contributed by atoms with E-state index in [1.807, 2.05) is 6.20 Å². The van der Waals surface area contributed by atoms with Crippen molar-refractivity contribution < 1.29 is 4.79 Å². The molecule has 1 aliphatic heterocycles. The van der Waals surface area contributed by atoms with Gasteiger partial charge < -0.3 is 14.8 Å². The number of hydrogen-bond acceptors (Lipinski definition) is 5. The van der Waals surface area contributed by atoms with E-state index in [2.05, 4.69) is 57.3 Å². The van der Waals surface area contributed by atoms with E-state index in [4.69, 9.17) is 0 Å². The molecule has 2 fully saturated rings. The van der Waals surface area contributed by atoms with Gasteiger partial charge in [-0.2, -0.15) is 0 Å². The fraction of sp³-hybridized carbons (Fsp3) is 0.520. The van der Waals surface area contributed by atoms with Gasteiger partial charge in [-0.3, -0.25) is 4.79 Å². The van der Waals surface area contributed by atoms with Crippen molar-refractivity contribution in [2.45, 2.75) is 38.5 Å². The SMILES string of the molecule is CN1CCN(c2ncc(C(=O)CC(Cc3c[nH]c4ccccc34)CC3CCC3)s2)CC1. The third kappa shape index (κ3) is 4.70. The van der Waals surface area contributed by atoms with Gasteiger partial charge in [0.15, 0.2) is 10.9 Å². The monoisotopic (exact) mass is 436 g/mol. The maximum absolute atomic E-state index is 13.2. The van der Waals surface area contributed by atoms with E-state index in [0.29, 0.717) is 12.3 Å². The number of likely N-dealkylation sites (N-methyl/N-ethyl adjacent to an activating group) is 1. The summed E-state index contributed by atoms with van der Waals surface area (Å²) >= 11 is 1.58. The second-order valence-corrected chi connectivity index (χ2v) is 10.4. The molecule has 1 saturated heterocycles. The first-order chi connectivity index (χ1) is 15.2. The van der Waals surface area contributed by atoms with Crippen LogP contribution in [0.25, 0.3) is 10.9 Å². The summed E-state index contributed by atoms with van der Waals surface area (Å²) in [5.74, 6) is 1.46. The maximum atomic E-state index is 13.2. The maximum Gasteiger partial charge on any atom is 0.186 e. The van der Waals surface area contributed by atoms with E-state index >= 15 is 0 Å². The minimum absolute atomic E-state index is 0.266. The summed E-state index contributed by atoms with van der Waals surface area (Å²) < 4.78 is 0. The molecule has 1 aromatic carbocycles. The van der Waals surface area contributed by atoms with E-state index < -0.39 is 0 Å². The molecule has 31 heavy (non-hydrogen) atoms. The zero-order valence-corrected chi connectivity index (χ0v) is 19.2. The van der Waals surface area contributed by atoms with Gasteiger partial charge in [-0.15, -0.1) is 0 Å². The van der Waals surface area contributed by atoms with Gasteiger partial charge in [0, 0.05) is 49.7 Å². The van der Waals surface area contributed by atoms with Gasteiger partial charge in [0.2, 0.25) is 0 Å². The lowest BCUT2D eigenvalue weighted by molar-refractivity contribution is 0.0951. The number of ketones is 1. The number of thiazole rings is 1. The molecule has 6 heteroatoms. The normalized spacial score (nSPS) is 18.9. The molecule has 5 nitrogen and oxygen atoms in total. The minimum atomic E-state index is 0.266. The quantitative estimate of drug-likeness (QED) is 0.505. The van der Waals surface area contributed by atoms with Crippen molar-refractivity contribution in [1.29, 1.82) is 0 Å². The number of aromatic amines is 1. The summed E-state index contributed by atoms with van der Waals surface area (Å²) in [6, 6.07) is 8.49. The zero-order valence-electron chi connectivity index (χ0n) is 18.3. The van der Waals surface area contributed by atoms with Gasteiger partial charge in [0.25, 0.3) is 0 Å². The smallest absolute Gasteiger partial charge is 0.186 e. The van der Waals surface area contributed by atoms with Gasteiger partial charge in [0.05, 0.1) is 11.1 Å². The summed E-state index contributed by atoms with van der Waals surface area (Å²) in [4.78, 5) is 26.7. The van der Waals surface area contributed by atoms with Crippen molar-refractivity contribution >= 4 is 33.2 Å². The van der Waals surface area contributed by atoms with Gasteiger partial charge in [0.1, 0.15) is 0 Å².